The zero-order valence-electron chi connectivity index (χ0n) is 17.0. The van der Waals surface area contributed by atoms with Gasteiger partial charge in [-0.1, -0.05) is 17.7 Å². The number of sulfonamides is 1. The Labute approximate surface area is 186 Å². The highest BCUT2D eigenvalue weighted by Gasteiger charge is 2.20. The summed E-state index contributed by atoms with van der Waals surface area (Å²) >= 11 is 6.03. The lowest BCUT2D eigenvalue weighted by Gasteiger charge is -2.12. The molecular formula is C21H24ClN3O5S. The van der Waals surface area contributed by atoms with E-state index in [0.717, 1.165) is 18.4 Å². The first-order valence-corrected chi connectivity index (χ1v) is 11.7. The van der Waals surface area contributed by atoms with E-state index < -0.39 is 21.8 Å². The third-order valence-electron chi connectivity index (χ3n) is 4.90. The maximum absolute atomic E-state index is 12.4. The summed E-state index contributed by atoms with van der Waals surface area (Å²) in [5.41, 5.74) is 1.54. The monoisotopic (exact) mass is 465 g/mol. The Morgan fingerprint density at radius 3 is 2.58 bits per heavy atom. The van der Waals surface area contributed by atoms with Crippen LogP contribution in [0, 0.1) is 6.92 Å². The molecule has 1 aliphatic rings. The summed E-state index contributed by atoms with van der Waals surface area (Å²) < 4.78 is 32.7. The molecule has 2 aromatic rings. The molecular weight excluding hydrogens is 442 g/mol. The topological polar surface area (TPSA) is 114 Å². The van der Waals surface area contributed by atoms with Crippen molar-refractivity contribution in [3.8, 4) is 0 Å². The highest BCUT2D eigenvalue weighted by Crippen LogP contribution is 2.22. The molecule has 1 unspecified atom stereocenters. The zero-order valence-corrected chi connectivity index (χ0v) is 18.6. The van der Waals surface area contributed by atoms with Gasteiger partial charge in [0.25, 0.3) is 5.91 Å². The van der Waals surface area contributed by atoms with Gasteiger partial charge < -0.3 is 15.4 Å². The first-order valence-electron chi connectivity index (χ1n) is 9.81. The number of rotatable bonds is 8. The zero-order chi connectivity index (χ0) is 22.4. The number of ether oxygens (including phenoxy) is 1. The summed E-state index contributed by atoms with van der Waals surface area (Å²) in [4.78, 5) is 24.5. The van der Waals surface area contributed by atoms with Gasteiger partial charge in [0.1, 0.15) is 0 Å². The van der Waals surface area contributed by atoms with Crippen molar-refractivity contribution in [1.29, 1.82) is 0 Å². The Balaban J connectivity index is 1.52. The lowest BCUT2D eigenvalue weighted by Crippen LogP contribution is -2.33. The summed E-state index contributed by atoms with van der Waals surface area (Å²) in [6.07, 6.45) is 1.64. The summed E-state index contributed by atoms with van der Waals surface area (Å²) in [5, 5.41) is 5.73. The van der Waals surface area contributed by atoms with Crippen molar-refractivity contribution in [2.75, 3.05) is 25.0 Å². The first-order chi connectivity index (χ1) is 14.8. The third-order valence-corrected chi connectivity index (χ3v) is 6.75. The van der Waals surface area contributed by atoms with Crippen LogP contribution in [-0.4, -0.2) is 46.0 Å². The van der Waals surface area contributed by atoms with E-state index in [1.807, 2.05) is 0 Å². The maximum atomic E-state index is 12.4. The standard InChI is InChI=1S/C21H24ClN3O5S/c1-14-18(22)5-2-6-19(14)25-20(26)13-23-21(27)15-7-9-17(10-8-15)31(28,29)24-12-16-4-3-11-30-16/h2,5-10,16,24H,3-4,11-13H2,1H3,(H,23,27)(H,25,26). The van der Waals surface area contributed by atoms with Gasteiger partial charge in [0.05, 0.1) is 17.5 Å². The van der Waals surface area contributed by atoms with Gasteiger partial charge in [-0.2, -0.15) is 0 Å². The largest absolute Gasteiger partial charge is 0.377 e. The molecule has 166 valence electrons. The van der Waals surface area contributed by atoms with Crippen LogP contribution in [0.1, 0.15) is 28.8 Å². The van der Waals surface area contributed by atoms with Gasteiger partial charge in [0.15, 0.2) is 0 Å². The Kier molecular flexibility index (Phi) is 7.66. The second-order valence-electron chi connectivity index (χ2n) is 7.15. The number of hydrogen-bond acceptors (Lipinski definition) is 5. The number of halogens is 1. The molecule has 0 radical (unpaired) electrons. The lowest BCUT2D eigenvalue weighted by molar-refractivity contribution is -0.115. The van der Waals surface area contributed by atoms with Crippen LogP contribution in [0.4, 0.5) is 5.69 Å². The summed E-state index contributed by atoms with van der Waals surface area (Å²) in [6.45, 7) is 2.40. The van der Waals surface area contributed by atoms with E-state index in [4.69, 9.17) is 16.3 Å². The fourth-order valence-electron chi connectivity index (χ4n) is 3.08. The second kappa shape index (κ2) is 10.2. The molecule has 0 aromatic heterocycles. The molecule has 0 aliphatic carbocycles. The summed E-state index contributed by atoms with van der Waals surface area (Å²) in [5.74, 6) is -0.898. The molecule has 1 saturated heterocycles. The maximum Gasteiger partial charge on any atom is 0.251 e. The molecule has 2 amide bonds. The third kappa shape index (κ3) is 6.27. The molecule has 0 bridgehead atoms. The van der Waals surface area contributed by atoms with Crippen molar-refractivity contribution in [1.82, 2.24) is 10.0 Å². The SMILES string of the molecule is Cc1c(Cl)cccc1NC(=O)CNC(=O)c1ccc(S(=O)(=O)NCC2CCCO2)cc1. The lowest BCUT2D eigenvalue weighted by atomic mass is 10.2. The minimum atomic E-state index is -3.69. The van der Waals surface area contributed by atoms with E-state index in [-0.39, 0.29) is 29.7 Å². The molecule has 0 spiro atoms. The quantitative estimate of drug-likeness (QED) is 0.554. The van der Waals surface area contributed by atoms with Crippen molar-refractivity contribution in [3.63, 3.8) is 0 Å². The van der Waals surface area contributed by atoms with Crippen molar-refractivity contribution in [2.24, 2.45) is 0 Å². The Bertz CT molecular complexity index is 1050. The number of hydrogen-bond donors (Lipinski definition) is 3. The fourth-order valence-corrected chi connectivity index (χ4v) is 4.32. The van der Waals surface area contributed by atoms with E-state index in [1.165, 1.54) is 24.3 Å². The van der Waals surface area contributed by atoms with Gasteiger partial charge in [0, 0.05) is 29.4 Å². The Hall–Kier alpha value is -2.46. The van der Waals surface area contributed by atoms with Crippen molar-refractivity contribution >= 4 is 39.1 Å². The molecule has 8 nitrogen and oxygen atoms in total. The molecule has 3 N–H and O–H groups in total. The number of anilines is 1. The fraction of sp³-hybridized carbons (Fsp3) is 0.333. The average Bonchev–Trinajstić information content (AvgIpc) is 3.28. The van der Waals surface area contributed by atoms with E-state index in [1.54, 1.807) is 25.1 Å². The van der Waals surface area contributed by atoms with Gasteiger partial charge in [-0.25, -0.2) is 13.1 Å². The highest BCUT2D eigenvalue weighted by atomic mass is 35.5. The molecule has 2 aromatic carbocycles. The summed E-state index contributed by atoms with van der Waals surface area (Å²) in [7, 11) is -3.69. The van der Waals surface area contributed by atoms with Crippen LogP contribution in [0.5, 0.6) is 0 Å². The van der Waals surface area contributed by atoms with E-state index in [9.17, 15) is 18.0 Å². The van der Waals surface area contributed by atoms with Crippen LogP contribution in [0.15, 0.2) is 47.4 Å². The molecule has 3 rings (SSSR count). The number of benzene rings is 2. The molecule has 10 heteroatoms. The predicted octanol–water partition coefficient (Wildman–Crippen LogP) is 2.47. The van der Waals surface area contributed by atoms with Gasteiger partial charge in [-0.15, -0.1) is 0 Å². The van der Waals surface area contributed by atoms with Crippen molar-refractivity contribution < 1.29 is 22.7 Å². The number of carbonyl (C=O) groups excluding carboxylic acids is 2. The van der Waals surface area contributed by atoms with Gasteiger partial charge in [0.2, 0.25) is 15.9 Å². The Morgan fingerprint density at radius 1 is 1.16 bits per heavy atom. The van der Waals surface area contributed by atoms with Crippen LogP contribution in [0.25, 0.3) is 0 Å². The molecule has 1 atom stereocenters. The van der Waals surface area contributed by atoms with Gasteiger partial charge in [-0.05, 0) is 61.7 Å². The van der Waals surface area contributed by atoms with Crippen LogP contribution >= 0.6 is 11.6 Å². The summed E-state index contributed by atoms with van der Waals surface area (Å²) in [6, 6.07) is 10.6. The molecule has 0 saturated carbocycles. The van der Waals surface area contributed by atoms with E-state index in [0.29, 0.717) is 17.3 Å². The van der Waals surface area contributed by atoms with E-state index >= 15 is 0 Å². The molecule has 1 aliphatic heterocycles. The van der Waals surface area contributed by atoms with Crippen LogP contribution < -0.4 is 15.4 Å². The van der Waals surface area contributed by atoms with Crippen LogP contribution in [0.3, 0.4) is 0 Å². The van der Waals surface area contributed by atoms with Gasteiger partial charge >= 0.3 is 0 Å². The normalized spacial score (nSPS) is 16.1. The van der Waals surface area contributed by atoms with E-state index in [2.05, 4.69) is 15.4 Å². The number of carbonyl (C=O) groups is 2. The second-order valence-corrected chi connectivity index (χ2v) is 9.33. The predicted molar refractivity (Wildman–Crippen MR) is 118 cm³/mol. The average molecular weight is 466 g/mol. The minimum Gasteiger partial charge on any atom is -0.377 e. The highest BCUT2D eigenvalue weighted by molar-refractivity contribution is 7.89. The molecule has 31 heavy (non-hydrogen) atoms. The molecule has 1 heterocycles. The minimum absolute atomic E-state index is 0.0521. The van der Waals surface area contributed by atoms with Gasteiger partial charge in [-0.3, -0.25) is 9.59 Å². The van der Waals surface area contributed by atoms with Crippen molar-refractivity contribution in [2.45, 2.75) is 30.8 Å². The smallest absolute Gasteiger partial charge is 0.251 e. The number of amides is 2. The Morgan fingerprint density at radius 2 is 1.90 bits per heavy atom. The molecule has 1 fully saturated rings. The van der Waals surface area contributed by atoms with Crippen molar-refractivity contribution in [3.05, 3.63) is 58.6 Å². The van der Waals surface area contributed by atoms with Crippen LogP contribution in [0.2, 0.25) is 5.02 Å². The first kappa shape index (κ1) is 23.2. The number of nitrogens with one attached hydrogen (secondary N) is 3. The van der Waals surface area contributed by atoms with Crippen LogP contribution in [-0.2, 0) is 19.6 Å².